The molecule has 0 bridgehead atoms. The van der Waals surface area contributed by atoms with E-state index >= 15 is 0 Å². The van der Waals surface area contributed by atoms with Crippen LogP contribution in [0.15, 0.2) is 29.2 Å². The van der Waals surface area contributed by atoms with E-state index in [0.29, 0.717) is 4.90 Å². The molecule has 0 aromatic heterocycles. The Morgan fingerprint density at radius 2 is 1.67 bits per heavy atom. The third kappa shape index (κ3) is 3.54. The Morgan fingerprint density at radius 1 is 1.13 bits per heavy atom. The molecule has 1 aromatic carbocycles. The van der Waals surface area contributed by atoms with Gasteiger partial charge < -0.3 is 0 Å². The van der Waals surface area contributed by atoms with Crippen molar-refractivity contribution in [1.29, 1.82) is 0 Å². The lowest BCUT2D eigenvalue weighted by atomic mass is 10.2. The number of benzene rings is 1. The fourth-order valence-electron chi connectivity index (χ4n) is 1.21. The highest BCUT2D eigenvalue weighted by Crippen LogP contribution is 2.35. The summed E-state index contributed by atoms with van der Waals surface area (Å²) in [5, 5.41) is 0. The Hall–Kier alpha value is -0.480. The first-order valence-corrected chi connectivity index (χ1v) is 7.55. The SMILES string of the molecule is Cc1ccccc1S(=O)(=O)SC(C)(C)C. The van der Waals surface area contributed by atoms with Crippen molar-refractivity contribution in [3.05, 3.63) is 29.8 Å². The second-order valence-corrected chi connectivity index (χ2v) is 8.97. The summed E-state index contributed by atoms with van der Waals surface area (Å²) in [6.07, 6.45) is 0. The summed E-state index contributed by atoms with van der Waals surface area (Å²) in [6.45, 7) is 7.50. The first kappa shape index (κ1) is 12.6. The normalized spacial score (nSPS) is 12.8. The molecule has 0 spiro atoms. The van der Waals surface area contributed by atoms with Crippen molar-refractivity contribution in [2.24, 2.45) is 0 Å². The van der Waals surface area contributed by atoms with Gasteiger partial charge in [0.25, 0.3) is 0 Å². The highest BCUT2D eigenvalue weighted by Gasteiger charge is 2.25. The summed E-state index contributed by atoms with van der Waals surface area (Å²) >= 11 is 0. The van der Waals surface area contributed by atoms with Crippen LogP contribution in [-0.2, 0) is 8.87 Å². The number of hydrogen-bond acceptors (Lipinski definition) is 3. The van der Waals surface area contributed by atoms with Crippen LogP contribution in [0, 0.1) is 6.92 Å². The molecular weight excluding hydrogens is 228 g/mol. The molecule has 0 fully saturated rings. The van der Waals surface area contributed by atoms with Gasteiger partial charge in [0.2, 0.25) is 8.87 Å². The van der Waals surface area contributed by atoms with Crippen LogP contribution in [0.3, 0.4) is 0 Å². The van der Waals surface area contributed by atoms with Gasteiger partial charge in [-0.1, -0.05) is 18.2 Å². The van der Waals surface area contributed by atoms with Gasteiger partial charge in [-0.25, -0.2) is 8.42 Å². The first-order chi connectivity index (χ1) is 6.72. The maximum absolute atomic E-state index is 12.0. The van der Waals surface area contributed by atoms with Crippen LogP contribution in [0.25, 0.3) is 0 Å². The van der Waals surface area contributed by atoms with Crippen molar-refractivity contribution in [3.8, 4) is 0 Å². The smallest absolute Gasteiger partial charge is 0.212 e. The molecule has 0 saturated heterocycles. The molecule has 1 rings (SSSR count). The Kier molecular flexibility index (Phi) is 3.51. The van der Waals surface area contributed by atoms with Crippen LogP contribution < -0.4 is 0 Å². The second-order valence-electron chi connectivity index (χ2n) is 4.42. The van der Waals surface area contributed by atoms with Gasteiger partial charge in [0, 0.05) is 4.75 Å². The zero-order valence-electron chi connectivity index (χ0n) is 9.44. The molecule has 0 heterocycles. The van der Waals surface area contributed by atoms with Gasteiger partial charge >= 0.3 is 0 Å². The lowest BCUT2D eigenvalue weighted by molar-refractivity contribution is 0.609. The van der Waals surface area contributed by atoms with Gasteiger partial charge in [0.05, 0.1) is 4.90 Å². The molecule has 84 valence electrons. The largest absolute Gasteiger partial charge is 0.230 e. The molecule has 0 saturated carbocycles. The molecule has 0 radical (unpaired) electrons. The molecule has 15 heavy (non-hydrogen) atoms. The van der Waals surface area contributed by atoms with Crippen molar-refractivity contribution < 1.29 is 8.42 Å². The summed E-state index contributed by atoms with van der Waals surface area (Å²) in [7, 11) is -2.23. The molecule has 2 nitrogen and oxygen atoms in total. The van der Waals surface area contributed by atoms with Crippen LogP contribution in [0.4, 0.5) is 0 Å². The van der Waals surface area contributed by atoms with E-state index < -0.39 is 8.87 Å². The molecular formula is C11H16O2S2. The summed E-state index contributed by atoms with van der Waals surface area (Å²) in [4.78, 5) is 0.421. The van der Waals surface area contributed by atoms with Gasteiger partial charge in [0.15, 0.2) is 0 Å². The average Bonchev–Trinajstić information content (AvgIpc) is 1.99. The maximum Gasteiger partial charge on any atom is 0.230 e. The molecule has 0 aliphatic heterocycles. The summed E-state index contributed by atoms with van der Waals surface area (Å²) < 4.78 is 23.8. The van der Waals surface area contributed by atoms with E-state index in [9.17, 15) is 8.42 Å². The van der Waals surface area contributed by atoms with E-state index in [2.05, 4.69) is 0 Å². The molecule has 4 heteroatoms. The fourth-order valence-corrected chi connectivity index (χ4v) is 5.47. The average molecular weight is 244 g/mol. The zero-order chi connectivity index (χ0) is 11.7. The third-order valence-corrected chi connectivity index (χ3v) is 6.14. The summed E-state index contributed by atoms with van der Waals surface area (Å²) in [6, 6.07) is 7.07. The van der Waals surface area contributed by atoms with Gasteiger partial charge in [0.1, 0.15) is 0 Å². The summed E-state index contributed by atoms with van der Waals surface area (Å²) in [5.74, 6) is 0. The van der Waals surface area contributed by atoms with E-state index in [4.69, 9.17) is 0 Å². The van der Waals surface area contributed by atoms with Crippen LogP contribution in [-0.4, -0.2) is 13.2 Å². The molecule has 0 amide bonds. The Morgan fingerprint density at radius 3 is 2.13 bits per heavy atom. The van der Waals surface area contributed by atoms with Crippen molar-refractivity contribution in [1.82, 2.24) is 0 Å². The predicted octanol–water partition coefficient (Wildman–Crippen LogP) is 3.22. The molecule has 0 N–H and O–H groups in total. The van der Waals surface area contributed by atoms with E-state index in [1.807, 2.05) is 39.8 Å². The van der Waals surface area contributed by atoms with Crippen molar-refractivity contribution in [2.75, 3.05) is 0 Å². The monoisotopic (exact) mass is 244 g/mol. The molecule has 1 aromatic rings. The van der Waals surface area contributed by atoms with E-state index in [1.165, 1.54) is 0 Å². The van der Waals surface area contributed by atoms with Crippen molar-refractivity contribution in [3.63, 3.8) is 0 Å². The van der Waals surface area contributed by atoms with E-state index in [0.717, 1.165) is 16.4 Å². The zero-order valence-corrected chi connectivity index (χ0v) is 11.1. The number of hydrogen-bond donors (Lipinski definition) is 0. The summed E-state index contributed by atoms with van der Waals surface area (Å²) in [5.41, 5.74) is 0.800. The fraction of sp³-hybridized carbons (Fsp3) is 0.455. The van der Waals surface area contributed by atoms with Gasteiger partial charge in [-0.15, -0.1) is 0 Å². The van der Waals surface area contributed by atoms with Gasteiger partial charge in [-0.2, -0.15) is 0 Å². The molecule has 0 aliphatic carbocycles. The molecule has 0 atom stereocenters. The second kappa shape index (κ2) is 4.18. The number of aryl methyl sites for hydroxylation is 1. The Balaban J connectivity index is 3.13. The lowest BCUT2D eigenvalue weighted by Crippen LogP contribution is -2.13. The molecule has 0 aliphatic rings. The quantitative estimate of drug-likeness (QED) is 0.749. The van der Waals surface area contributed by atoms with E-state index in [-0.39, 0.29) is 4.75 Å². The lowest BCUT2D eigenvalue weighted by Gasteiger charge is -2.17. The first-order valence-electron chi connectivity index (χ1n) is 4.74. The van der Waals surface area contributed by atoms with E-state index in [1.54, 1.807) is 12.1 Å². The van der Waals surface area contributed by atoms with Crippen molar-refractivity contribution >= 4 is 19.7 Å². The highest BCUT2D eigenvalue weighted by molar-refractivity contribution is 8.72. The Labute approximate surface area is 95.4 Å². The predicted molar refractivity (Wildman–Crippen MR) is 65.7 cm³/mol. The van der Waals surface area contributed by atoms with Crippen LogP contribution >= 0.6 is 10.8 Å². The topological polar surface area (TPSA) is 34.1 Å². The third-order valence-electron chi connectivity index (χ3n) is 1.72. The minimum Gasteiger partial charge on any atom is -0.212 e. The van der Waals surface area contributed by atoms with Crippen LogP contribution in [0.2, 0.25) is 0 Å². The van der Waals surface area contributed by atoms with Gasteiger partial charge in [-0.05, 0) is 50.1 Å². The van der Waals surface area contributed by atoms with Crippen LogP contribution in [0.5, 0.6) is 0 Å². The van der Waals surface area contributed by atoms with Crippen molar-refractivity contribution in [2.45, 2.75) is 37.3 Å². The van der Waals surface area contributed by atoms with Crippen LogP contribution in [0.1, 0.15) is 26.3 Å². The minimum atomic E-state index is -3.23. The maximum atomic E-state index is 12.0. The minimum absolute atomic E-state index is 0.291. The standard InChI is InChI=1S/C11H16O2S2/c1-9-7-5-6-8-10(9)15(12,13)14-11(2,3)4/h5-8H,1-4H3. The van der Waals surface area contributed by atoms with Gasteiger partial charge in [-0.3, -0.25) is 0 Å². The number of rotatable bonds is 2. The Bertz CT molecular complexity index is 442. The molecule has 0 unspecified atom stereocenters. The highest BCUT2D eigenvalue weighted by atomic mass is 33.1.